The summed E-state index contributed by atoms with van der Waals surface area (Å²) in [5, 5.41) is 0. The predicted octanol–water partition coefficient (Wildman–Crippen LogP) is 3.31. The summed E-state index contributed by atoms with van der Waals surface area (Å²) in [5.41, 5.74) is 2.67. The highest BCUT2D eigenvalue weighted by Gasteiger charge is 2.25. The van der Waals surface area contributed by atoms with E-state index in [1.54, 1.807) is 0 Å². The van der Waals surface area contributed by atoms with Gasteiger partial charge in [0.1, 0.15) is 5.75 Å². The lowest BCUT2D eigenvalue weighted by Gasteiger charge is -2.15. The molecule has 0 aromatic carbocycles. The summed E-state index contributed by atoms with van der Waals surface area (Å²) in [6.07, 6.45) is 7.73. The Morgan fingerprint density at radius 2 is 2.13 bits per heavy atom. The van der Waals surface area contributed by atoms with Gasteiger partial charge in [-0.25, -0.2) is 0 Å². The first-order chi connectivity index (χ1) is 7.22. The van der Waals surface area contributed by atoms with E-state index in [1.165, 1.54) is 24.0 Å². The molecule has 82 valence electrons. The molecule has 1 aromatic heterocycles. The van der Waals surface area contributed by atoms with Crippen LogP contribution in [0, 0.1) is 0 Å². The van der Waals surface area contributed by atoms with Crippen LogP contribution >= 0.6 is 0 Å². The number of aromatic nitrogens is 1. The van der Waals surface area contributed by atoms with E-state index in [4.69, 9.17) is 4.74 Å². The molecule has 1 aliphatic rings. The molecule has 0 spiro atoms. The van der Waals surface area contributed by atoms with Gasteiger partial charge in [0.05, 0.1) is 12.3 Å². The average Bonchev–Trinajstić information content (AvgIpc) is 3.01. The third kappa shape index (κ3) is 2.31. The number of pyridine rings is 1. The van der Waals surface area contributed by atoms with Crippen molar-refractivity contribution in [1.82, 2.24) is 4.98 Å². The summed E-state index contributed by atoms with van der Waals surface area (Å²) in [5.74, 6) is 1.53. The SMILES string of the molecule is CCc1c(OC2CC2)cncc1C(C)C. The van der Waals surface area contributed by atoms with E-state index >= 15 is 0 Å². The van der Waals surface area contributed by atoms with Gasteiger partial charge in [-0.05, 0) is 30.7 Å². The van der Waals surface area contributed by atoms with Gasteiger partial charge in [-0.2, -0.15) is 0 Å². The molecule has 2 rings (SSSR count). The van der Waals surface area contributed by atoms with Gasteiger partial charge in [0.2, 0.25) is 0 Å². The van der Waals surface area contributed by atoms with Crippen molar-refractivity contribution in [1.29, 1.82) is 0 Å². The lowest BCUT2D eigenvalue weighted by atomic mass is 9.97. The van der Waals surface area contributed by atoms with Crippen LogP contribution < -0.4 is 4.74 Å². The van der Waals surface area contributed by atoms with Crippen molar-refractivity contribution in [3.8, 4) is 5.75 Å². The van der Waals surface area contributed by atoms with Crippen LogP contribution in [0.3, 0.4) is 0 Å². The Kier molecular flexibility index (Phi) is 2.94. The van der Waals surface area contributed by atoms with Crippen LogP contribution in [0.5, 0.6) is 5.75 Å². The summed E-state index contributed by atoms with van der Waals surface area (Å²) in [6, 6.07) is 0. The molecule has 0 N–H and O–H groups in total. The topological polar surface area (TPSA) is 22.1 Å². The van der Waals surface area contributed by atoms with Crippen molar-refractivity contribution in [2.45, 2.75) is 52.1 Å². The van der Waals surface area contributed by atoms with Gasteiger partial charge < -0.3 is 4.74 Å². The molecule has 1 saturated carbocycles. The maximum Gasteiger partial charge on any atom is 0.141 e. The van der Waals surface area contributed by atoms with Crippen molar-refractivity contribution < 1.29 is 4.74 Å². The van der Waals surface area contributed by atoms with E-state index in [-0.39, 0.29) is 0 Å². The fraction of sp³-hybridized carbons (Fsp3) is 0.615. The van der Waals surface area contributed by atoms with Crippen molar-refractivity contribution >= 4 is 0 Å². The maximum atomic E-state index is 5.88. The molecule has 0 atom stereocenters. The number of hydrogen-bond donors (Lipinski definition) is 0. The largest absolute Gasteiger partial charge is 0.489 e. The maximum absolute atomic E-state index is 5.88. The highest BCUT2D eigenvalue weighted by Crippen LogP contribution is 2.32. The average molecular weight is 205 g/mol. The van der Waals surface area contributed by atoms with Gasteiger partial charge in [0.15, 0.2) is 0 Å². The summed E-state index contributed by atoms with van der Waals surface area (Å²) < 4.78 is 5.88. The molecule has 0 unspecified atom stereocenters. The smallest absolute Gasteiger partial charge is 0.141 e. The normalized spacial score (nSPS) is 15.7. The summed E-state index contributed by atoms with van der Waals surface area (Å²) in [6.45, 7) is 6.59. The number of ether oxygens (including phenoxy) is 1. The number of rotatable bonds is 4. The molecule has 1 aliphatic carbocycles. The molecule has 1 fully saturated rings. The van der Waals surface area contributed by atoms with Crippen molar-refractivity contribution in [3.63, 3.8) is 0 Å². The van der Waals surface area contributed by atoms with E-state index in [9.17, 15) is 0 Å². The summed E-state index contributed by atoms with van der Waals surface area (Å²) in [4.78, 5) is 4.27. The van der Waals surface area contributed by atoms with Crippen LogP contribution in [0.4, 0.5) is 0 Å². The second kappa shape index (κ2) is 4.21. The Labute approximate surface area is 91.7 Å². The zero-order valence-corrected chi connectivity index (χ0v) is 9.79. The molecular formula is C13H19NO. The Morgan fingerprint density at radius 3 is 2.67 bits per heavy atom. The highest BCUT2D eigenvalue weighted by molar-refractivity contribution is 5.39. The molecule has 0 radical (unpaired) electrons. The van der Waals surface area contributed by atoms with E-state index in [1.807, 2.05) is 12.4 Å². The van der Waals surface area contributed by atoms with Crippen molar-refractivity contribution in [2.24, 2.45) is 0 Å². The predicted molar refractivity (Wildman–Crippen MR) is 61.4 cm³/mol. The second-order valence-corrected chi connectivity index (χ2v) is 4.53. The molecule has 0 amide bonds. The second-order valence-electron chi connectivity index (χ2n) is 4.53. The van der Waals surface area contributed by atoms with Gasteiger partial charge in [-0.3, -0.25) is 4.98 Å². The van der Waals surface area contributed by atoms with Gasteiger partial charge in [0.25, 0.3) is 0 Å². The minimum atomic E-state index is 0.458. The van der Waals surface area contributed by atoms with Crippen LogP contribution in [0.15, 0.2) is 12.4 Å². The van der Waals surface area contributed by atoms with E-state index in [0.717, 1.165) is 12.2 Å². The lowest BCUT2D eigenvalue weighted by Crippen LogP contribution is -2.04. The number of hydrogen-bond acceptors (Lipinski definition) is 2. The molecule has 2 heteroatoms. The minimum Gasteiger partial charge on any atom is -0.489 e. The highest BCUT2D eigenvalue weighted by atomic mass is 16.5. The van der Waals surface area contributed by atoms with E-state index < -0.39 is 0 Å². The van der Waals surface area contributed by atoms with Crippen LogP contribution in [0.25, 0.3) is 0 Å². The summed E-state index contributed by atoms with van der Waals surface area (Å²) in [7, 11) is 0. The minimum absolute atomic E-state index is 0.458. The molecule has 0 aliphatic heterocycles. The first kappa shape index (κ1) is 10.5. The third-order valence-electron chi connectivity index (χ3n) is 2.84. The monoisotopic (exact) mass is 205 g/mol. The van der Waals surface area contributed by atoms with Gasteiger partial charge in [0, 0.05) is 11.8 Å². The molecule has 1 aromatic rings. The quantitative estimate of drug-likeness (QED) is 0.752. The van der Waals surface area contributed by atoms with Crippen LogP contribution in [-0.2, 0) is 6.42 Å². The zero-order valence-electron chi connectivity index (χ0n) is 9.79. The fourth-order valence-corrected chi connectivity index (χ4v) is 1.83. The first-order valence-corrected chi connectivity index (χ1v) is 5.85. The Hall–Kier alpha value is -1.05. The standard InChI is InChI=1S/C13H19NO/c1-4-11-12(9(2)3)7-14-8-13(11)15-10-5-6-10/h7-10H,4-6H2,1-3H3. The van der Waals surface area contributed by atoms with Crippen LogP contribution in [-0.4, -0.2) is 11.1 Å². The van der Waals surface area contributed by atoms with Crippen molar-refractivity contribution in [2.75, 3.05) is 0 Å². The zero-order chi connectivity index (χ0) is 10.8. The number of nitrogens with zero attached hydrogens (tertiary/aromatic N) is 1. The van der Waals surface area contributed by atoms with Crippen LogP contribution in [0.2, 0.25) is 0 Å². The summed E-state index contributed by atoms with van der Waals surface area (Å²) >= 11 is 0. The molecular weight excluding hydrogens is 186 g/mol. The molecule has 15 heavy (non-hydrogen) atoms. The third-order valence-corrected chi connectivity index (χ3v) is 2.84. The Morgan fingerprint density at radius 1 is 1.40 bits per heavy atom. The Bertz CT molecular complexity index is 342. The molecule has 1 heterocycles. The van der Waals surface area contributed by atoms with Crippen LogP contribution in [0.1, 0.15) is 50.7 Å². The van der Waals surface area contributed by atoms with Gasteiger partial charge in [-0.15, -0.1) is 0 Å². The first-order valence-electron chi connectivity index (χ1n) is 5.85. The molecule has 0 bridgehead atoms. The fourth-order valence-electron chi connectivity index (χ4n) is 1.83. The van der Waals surface area contributed by atoms with Gasteiger partial charge in [-0.1, -0.05) is 20.8 Å². The van der Waals surface area contributed by atoms with E-state index in [2.05, 4.69) is 25.8 Å². The van der Waals surface area contributed by atoms with Gasteiger partial charge >= 0.3 is 0 Å². The molecule has 0 saturated heterocycles. The van der Waals surface area contributed by atoms with E-state index in [0.29, 0.717) is 12.0 Å². The van der Waals surface area contributed by atoms with Crippen molar-refractivity contribution in [3.05, 3.63) is 23.5 Å². The molecule has 2 nitrogen and oxygen atoms in total. The lowest BCUT2D eigenvalue weighted by molar-refractivity contribution is 0.298. The Balaban J connectivity index is 2.30.